The largest absolute Gasteiger partial charge is 0.294 e. The monoisotopic (exact) mass is 316 g/mol. The first-order valence-electron chi connectivity index (χ1n) is 6.59. The summed E-state index contributed by atoms with van der Waals surface area (Å²) in [6, 6.07) is 5.43. The molecule has 0 radical (unpaired) electrons. The molecular weight excluding hydrogens is 304 g/mol. The van der Waals surface area contributed by atoms with Crippen molar-refractivity contribution < 1.29 is 9.59 Å². The van der Waals surface area contributed by atoms with E-state index >= 15 is 0 Å². The summed E-state index contributed by atoms with van der Waals surface area (Å²) >= 11 is 3.38. The van der Waals surface area contributed by atoms with Crippen LogP contribution in [0.25, 0.3) is 0 Å². The minimum atomic E-state index is -0.149. The number of carbonyl (C=O) groups excluding carboxylic acids is 2. The highest BCUT2D eigenvalue weighted by Crippen LogP contribution is 2.59. The van der Waals surface area contributed by atoms with Crippen LogP contribution in [0.4, 0.5) is 0 Å². The summed E-state index contributed by atoms with van der Waals surface area (Å²) in [5, 5.41) is 0. The molecule has 2 bridgehead atoms. The molecule has 3 aliphatic carbocycles. The van der Waals surface area contributed by atoms with Crippen molar-refractivity contribution in [3.05, 3.63) is 46.0 Å². The average Bonchev–Trinajstić information content (AvgIpc) is 2.89. The summed E-state index contributed by atoms with van der Waals surface area (Å²) in [6.45, 7) is 2.11. The van der Waals surface area contributed by atoms with Crippen molar-refractivity contribution in [1.82, 2.24) is 0 Å². The van der Waals surface area contributed by atoms with Gasteiger partial charge in [0.15, 0.2) is 11.6 Å². The third-order valence-electron chi connectivity index (χ3n) is 5.03. The van der Waals surface area contributed by atoms with E-state index in [9.17, 15) is 9.59 Å². The molecule has 19 heavy (non-hydrogen) atoms. The van der Waals surface area contributed by atoms with Crippen LogP contribution in [0.2, 0.25) is 0 Å². The molecule has 1 aromatic carbocycles. The van der Waals surface area contributed by atoms with Crippen molar-refractivity contribution in [2.75, 3.05) is 0 Å². The number of allylic oxidation sites excluding steroid dienone is 2. The van der Waals surface area contributed by atoms with Crippen LogP contribution in [0.1, 0.15) is 34.1 Å². The Kier molecular flexibility index (Phi) is 2.11. The molecule has 2 nitrogen and oxygen atoms in total. The van der Waals surface area contributed by atoms with Gasteiger partial charge in [-0.05, 0) is 36.0 Å². The highest BCUT2D eigenvalue weighted by molar-refractivity contribution is 9.10. The number of hydrogen-bond donors (Lipinski definition) is 0. The fraction of sp³-hybridized carbons (Fsp3) is 0.375. The van der Waals surface area contributed by atoms with Gasteiger partial charge in [-0.3, -0.25) is 9.59 Å². The fourth-order valence-electron chi connectivity index (χ4n) is 4.21. The van der Waals surface area contributed by atoms with Crippen molar-refractivity contribution in [3.8, 4) is 0 Å². The van der Waals surface area contributed by atoms with E-state index in [-0.39, 0.29) is 34.7 Å². The molecule has 1 fully saturated rings. The van der Waals surface area contributed by atoms with Gasteiger partial charge in [0.25, 0.3) is 0 Å². The lowest BCUT2D eigenvalue weighted by Crippen LogP contribution is -2.42. The molecule has 0 aromatic heterocycles. The van der Waals surface area contributed by atoms with Gasteiger partial charge in [0.2, 0.25) is 0 Å². The number of Topliss-reactive ketones (excluding diaryl/α,β-unsaturated/α-hetero) is 2. The molecule has 96 valence electrons. The van der Waals surface area contributed by atoms with Crippen LogP contribution >= 0.6 is 15.9 Å². The zero-order valence-corrected chi connectivity index (χ0v) is 12.1. The minimum absolute atomic E-state index is 0.118. The quantitative estimate of drug-likeness (QED) is 0.684. The second-order valence-electron chi connectivity index (χ2n) is 6.15. The Bertz CT molecular complexity index is 661. The Morgan fingerprint density at radius 3 is 2.79 bits per heavy atom. The molecule has 0 N–H and O–H groups in total. The summed E-state index contributed by atoms with van der Waals surface area (Å²) in [5.41, 5.74) is 1.09. The van der Waals surface area contributed by atoms with Crippen LogP contribution in [-0.2, 0) is 0 Å². The normalized spacial score (nSPS) is 38.5. The van der Waals surface area contributed by atoms with E-state index in [1.54, 1.807) is 12.1 Å². The standard InChI is InChI=1S/C16H13BrO2/c1-16-5-4-8(7-16)12-13(16)15(19)10-3-2-9(17)6-11(10)14(12)18/h2-6,8,12-13H,7H2,1H3. The lowest BCUT2D eigenvalue weighted by atomic mass is 9.65. The number of carbonyl (C=O) groups is 2. The number of fused-ring (bicyclic) bond motifs is 6. The summed E-state index contributed by atoms with van der Waals surface area (Å²) < 4.78 is 0.857. The van der Waals surface area contributed by atoms with Gasteiger partial charge < -0.3 is 0 Å². The zero-order valence-electron chi connectivity index (χ0n) is 10.5. The molecule has 0 spiro atoms. The van der Waals surface area contributed by atoms with Crippen LogP contribution in [0.5, 0.6) is 0 Å². The Hall–Kier alpha value is -1.22. The van der Waals surface area contributed by atoms with Crippen molar-refractivity contribution >= 4 is 27.5 Å². The maximum absolute atomic E-state index is 12.7. The van der Waals surface area contributed by atoms with E-state index in [1.807, 2.05) is 6.07 Å². The average molecular weight is 317 g/mol. The maximum atomic E-state index is 12.7. The van der Waals surface area contributed by atoms with Crippen molar-refractivity contribution in [2.45, 2.75) is 13.3 Å². The van der Waals surface area contributed by atoms with E-state index < -0.39 is 0 Å². The number of benzene rings is 1. The number of rotatable bonds is 0. The molecule has 3 heteroatoms. The maximum Gasteiger partial charge on any atom is 0.168 e. The molecular formula is C16H13BrO2. The number of ketones is 2. The molecule has 0 heterocycles. The van der Waals surface area contributed by atoms with Crippen LogP contribution < -0.4 is 0 Å². The van der Waals surface area contributed by atoms with Gasteiger partial charge in [0.05, 0.1) is 0 Å². The van der Waals surface area contributed by atoms with Gasteiger partial charge in [-0.1, -0.05) is 35.0 Å². The Balaban J connectivity index is 1.95. The van der Waals surface area contributed by atoms with E-state index in [0.29, 0.717) is 11.1 Å². The first-order chi connectivity index (χ1) is 9.01. The molecule has 0 amide bonds. The molecule has 4 atom stereocenters. The summed E-state index contributed by atoms with van der Waals surface area (Å²) in [5.74, 6) is 0.270. The highest BCUT2D eigenvalue weighted by atomic mass is 79.9. The predicted octanol–water partition coefficient (Wildman–Crippen LogP) is 3.66. The first kappa shape index (κ1) is 11.6. The first-order valence-corrected chi connectivity index (χ1v) is 7.38. The lowest BCUT2D eigenvalue weighted by Gasteiger charge is -2.35. The smallest absolute Gasteiger partial charge is 0.168 e. The topological polar surface area (TPSA) is 34.1 Å². The van der Waals surface area contributed by atoms with Gasteiger partial charge in [-0.15, -0.1) is 0 Å². The second kappa shape index (κ2) is 3.45. The lowest BCUT2D eigenvalue weighted by molar-refractivity contribution is 0.0676. The van der Waals surface area contributed by atoms with Gasteiger partial charge in [-0.25, -0.2) is 0 Å². The third kappa shape index (κ3) is 1.32. The molecule has 4 rings (SSSR count). The minimum Gasteiger partial charge on any atom is -0.294 e. The summed E-state index contributed by atoms with van der Waals surface area (Å²) in [6.07, 6.45) is 5.22. The number of hydrogen-bond acceptors (Lipinski definition) is 2. The second-order valence-corrected chi connectivity index (χ2v) is 7.07. The van der Waals surface area contributed by atoms with E-state index in [1.165, 1.54) is 0 Å². The molecule has 4 unspecified atom stereocenters. The van der Waals surface area contributed by atoms with Gasteiger partial charge >= 0.3 is 0 Å². The van der Waals surface area contributed by atoms with Crippen LogP contribution in [0.15, 0.2) is 34.8 Å². The Labute approximate surface area is 120 Å². The summed E-state index contributed by atoms with van der Waals surface area (Å²) in [7, 11) is 0. The van der Waals surface area contributed by atoms with Crippen LogP contribution in [0.3, 0.4) is 0 Å². The van der Waals surface area contributed by atoms with Crippen molar-refractivity contribution in [2.24, 2.45) is 23.2 Å². The Morgan fingerprint density at radius 2 is 2.00 bits per heavy atom. The SMILES string of the molecule is CC12C=CC(C1)C1C(=O)c3cc(Br)ccc3C(=O)C12. The van der Waals surface area contributed by atoms with E-state index in [0.717, 1.165) is 10.9 Å². The van der Waals surface area contributed by atoms with Crippen molar-refractivity contribution in [1.29, 1.82) is 0 Å². The van der Waals surface area contributed by atoms with E-state index in [4.69, 9.17) is 0 Å². The van der Waals surface area contributed by atoms with E-state index in [2.05, 4.69) is 35.0 Å². The zero-order chi connectivity index (χ0) is 13.4. The van der Waals surface area contributed by atoms with Gasteiger partial charge in [0, 0.05) is 27.4 Å². The molecule has 0 aliphatic heterocycles. The number of halogens is 1. The van der Waals surface area contributed by atoms with Crippen LogP contribution in [0, 0.1) is 23.2 Å². The molecule has 3 aliphatic rings. The molecule has 1 saturated carbocycles. The molecule has 1 aromatic rings. The third-order valence-corrected chi connectivity index (χ3v) is 5.52. The predicted molar refractivity (Wildman–Crippen MR) is 75.1 cm³/mol. The Morgan fingerprint density at radius 1 is 1.21 bits per heavy atom. The van der Waals surface area contributed by atoms with Crippen molar-refractivity contribution in [3.63, 3.8) is 0 Å². The van der Waals surface area contributed by atoms with Crippen LogP contribution in [-0.4, -0.2) is 11.6 Å². The fourth-order valence-corrected chi connectivity index (χ4v) is 4.57. The highest BCUT2D eigenvalue weighted by Gasteiger charge is 2.60. The molecule has 0 saturated heterocycles. The summed E-state index contributed by atoms with van der Waals surface area (Å²) in [4.78, 5) is 25.5. The van der Waals surface area contributed by atoms with Gasteiger partial charge in [0.1, 0.15) is 0 Å². The van der Waals surface area contributed by atoms with Gasteiger partial charge in [-0.2, -0.15) is 0 Å².